The predicted molar refractivity (Wildman–Crippen MR) is 90.9 cm³/mol. The number of carbonyl (C=O) groups is 1. The summed E-state index contributed by atoms with van der Waals surface area (Å²) in [5.41, 5.74) is 1.87. The van der Waals surface area contributed by atoms with Crippen molar-refractivity contribution >= 4 is 11.7 Å². The van der Waals surface area contributed by atoms with Gasteiger partial charge in [0.1, 0.15) is 11.5 Å². The van der Waals surface area contributed by atoms with Crippen LogP contribution in [0.25, 0.3) is 0 Å². The van der Waals surface area contributed by atoms with E-state index < -0.39 is 6.23 Å². The molecule has 0 saturated carbocycles. The molecule has 2 amide bonds. The molecule has 0 spiro atoms. The van der Waals surface area contributed by atoms with Crippen molar-refractivity contribution in [3.63, 3.8) is 0 Å². The number of anilines is 1. The van der Waals surface area contributed by atoms with Gasteiger partial charge in [0.25, 0.3) is 0 Å². The van der Waals surface area contributed by atoms with Crippen LogP contribution in [-0.2, 0) is 0 Å². The highest BCUT2D eigenvalue weighted by Gasteiger charge is 2.12. The van der Waals surface area contributed by atoms with Crippen LogP contribution in [0.3, 0.4) is 0 Å². The van der Waals surface area contributed by atoms with E-state index in [1.165, 1.54) is 12.1 Å². The number of phenols is 1. The van der Waals surface area contributed by atoms with Crippen molar-refractivity contribution in [2.24, 2.45) is 0 Å². The first-order valence-corrected chi connectivity index (χ1v) is 7.58. The third-order valence-electron chi connectivity index (χ3n) is 3.31. The molecule has 0 aliphatic carbocycles. The molecule has 1 unspecified atom stereocenters. The minimum Gasteiger partial charge on any atom is -0.508 e. The van der Waals surface area contributed by atoms with Gasteiger partial charge in [-0.3, -0.25) is 0 Å². The summed E-state index contributed by atoms with van der Waals surface area (Å²) in [4.78, 5) is 12.1. The summed E-state index contributed by atoms with van der Waals surface area (Å²) in [6, 6.07) is 13.7. The standard InChI is InChI=1S/C18H22N2O3/c1-12(2)16-6-4-5-7-17(16)20-18(22)19-13(3)23-15-10-8-14(21)9-11-15/h4-13,21H,1-3H3,(H2,19,20,22). The van der Waals surface area contributed by atoms with Crippen molar-refractivity contribution in [1.82, 2.24) is 5.32 Å². The summed E-state index contributed by atoms with van der Waals surface area (Å²) < 4.78 is 5.57. The van der Waals surface area contributed by atoms with Gasteiger partial charge in [0, 0.05) is 5.69 Å². The molecule has 2 aromatic rings. The second-order valence-electron chi connectivity index (χ2n) is 5.59. The lowest BCUT2D eigenvalue weighted by Gasteiger charge is -2.18. The summed E-state index contributed by atoms with van der Waals surface area (Å²) in [6.07, 6.45) is -0.509. The number of hydrogen-bond donors (Lipinski definition) is 3. The maximum Gasteiger partial charge on any atom is 0.322 e. The van der Waals surface area contributed by atoms with Crippen LogP contribution in [0, 0.1) is 0 Å². The van der Waals surface area contributed by atoms with Gasteiger partial charge in [0.15, 0.2) is 6.23 Å². The molecule has 122 valence electrons. The highest BCUT2D eigenvalue weighted by Crippen LogP contribution is 2.23. The Bertz CT molecular complexity index is 654. The molecule has 0 aliphatic heterocycles. The SMILES string of the molecule is CC(NC(=O)Nc1ccccc1C(C)C)Oc1ccc(O)cc1. The zero-order chi connectivity index (χ0) is 16.8. The molecule has 0 fully saturated rings. The quantitative estimate of drug-likeness (QED) is 0.729. The average molecular weight is 314 g/mol. The van der Waals surface area contributed by atoms with E-state index in [2.05, 4.69) is 24.5 Å². The van der Waals surface area contributed by atoms with Crippen LogP contribution < -0.4 is 15.4 Å². The second kappa shape index (κ2) is 7.54. The normalized spacial score (nSPS) is 11.8. The fraction of sp³-hybridized carbons (Fsp3) is 0.278. The molecular formula is C18H22N2O3. The van der Waals surface area contributed by atoms with Crippen LogP contribution in [0.4, 0.5) is 10.5 Å². The Morgan fingerprint density at radius 1 is 1.04 bits per heavy atom. The number of hydrogen-bond acceptors (Lipinski definition) is 3. The van der Waals surface area contributed by atoms with Gasteiger partial charge in [-0.1, -0.05) is 32.0 Å². The van der Waals surface area contributed by atoms with Crippen molar-refractivity contribution < 1.29 is 14.6 Å². The van der Waals surface area contributed by atoms with Crippen LogP contribution in [0.15, 0.2) is 48.5 Å². The smallest absolute Gasteiger partial charge is 0.322 e. The van der Waals surface area contributed by atoms with E-state index >= 15 is 0 Å². The number of amides is 2. The molecule has 0 aliphatic rings. The van der Waals surface area contributed by atoms with Gasteiger partial charge in [0.05, 0.1) is 0 Å². The molecule has 3 N–H and O–H groups in total. The minimum absolute atomic E-state index is 0.168. The molecule has 1 atom stereocenters. The molecule has 5 nitrogen and oxygen atoms in total. The fourth-order valence-electron chi connectivity index (χ4n) is 2.22. The molecule has 5 heteroatoms. The van der Waals surface area contributed by atoms with Gasteiger partial charge in [-0.2, -0.15) is 0 Å². The molecule has 2 aromatic carbocycles. The number of para-hydroxylation sites is 1. The first-order chi connectivity index (χ1) is 11.0. The zero-order valence-corrected chi connectivity index (χ0v) is 13.5. The number of rotatable bonds is 5. The summed E-state index contributed by atoms with van der Waals surface area (Å²) in [5.74, 6) is 1.05. The van der Waals surface area contributed by atoms with Crippen molar-refractivity contribution in [3.8, 4) is 11.5 Å². The van der Waals surface area contributed by atoms with Crippen molar-refractivity contribution in [2.45, 2.75) is 32.9 Å². The lowest BCUT2D eigenvalue weighted by atomic mass is 10.0. The van der Waals surface area contributed by atoms with E-state index in [0.29, 0.717) is 11.7 Å². The Balaban J connectivity index is 1.93. The molecule has 23 heavy (non-hydrogen) atoms. The number of benzene rings is 2. The van der Waals surface area contributed by atoms with Gasteiger partial charge in [-0.15, -0.1) is 0 Å². The second-order valence-corrected chi connectivity index (χ2v) is 5.59. The molecule has 0 aromatic heterocycles. The summed E-state index contributed by atoms with van der Waals surface area (Å²) in [6.45, 7) is 5.89. The van der Waals surface area contributed by atoms with Crippen molar-refractivity contribution in [2.75, 3.05) is 5.32 Å². The molecule has 2 rings (SSSR count). The van der Waals surface area contributed by atoms with E-state index in [0.717, 1.165) is 11.3 Å². The monoisotopic (exact) mass is 314 g/mol. The van der Waals surface area contributed by atoms with Gasteiger partial charge in [-0.05, 0) is 48.7 Å². The van der Waals surface area contributed by atoms with Crippen LogP contribution in [0.2, 0.25) is 0 Å². The summed E-state index contributed by atoms with van der Waals surface area (Å²) >= 11 is 0. The number of phenolic OH excluding ortho intramolecular Hbond substituents is 1. The Morgan fingerprint density at radius 3 is 2.35 bits per heavy atom. The topological polar surface area (TPSA) is 70.6 Å². The maximum absolute atomic E-state index is 12.1. The predicted octanol–water partition coefficient (Wildman–Crippen LogP) is 4.06. The fourth-order valence-corrected chi connectivity index (χ4v) is 2.22. The van der Waals surface area contributed by atoms with Gasteiger partial charge < -0.3 is 20.5 Å². The summed E-state index contributed by atoms with van der Waals surface area (Å²) in [5, 5.41) is 14.8. The number of nitrogens with one attached hydrogen (secondary N) is 2. The Kier molecular flexibility index (Phi) is 5.46. The number of urea groups is 1. The van der Waals surface area contributed by atoms with E-state index in [-0.39, 0.29) is 11.8 Å². The Labute approximate surface area is 136 Å². The van der Waals surface area contributed by atoms with Crippen molar-refractivity contribution in [1.29, 1.82) is 0 Å². The van der Waals surface area contributed by atoms with Crippen LogP contribution >= 0.6 is 0 Å². The molecular weight excluding hydrogens is 292 g/mol. The van der Waals surface area contributed by atoms with Gasteiger partial charge >= 0.3 is 6.03 Å². The first-order valence-electron chi connectivity index (χ1n) is 7.58. The summed E-state index contributed by atoms with van der Waals surface area (Å²) in [7, 11) is 0. The Hall–Kier alpha value is -2.69. The largest absolute Gasteiger partial charge is 0.508 e. The number of aromatic hydroxyl groups is 1. The lowest BCUT2D eigenvalue weighted by Crippen LogP contribution is -2.39. The van der Waals surface area contributed by atoms with Crippen LogP contribution in [0.5, 0.6) is 11.5 Å². The minimum atomic E-state index is -0.509. The Morgan fingerprint density at radius 2 is 1.70 bits per heavy atom. The molecule has 0 saturated heterocycles. The molecule has 0 radical (unpaired) electrons. The third kappa shape index (κ3) is 4.92. The van der Waals surface area contributed by atoms with E-state index in [4.69, 9.17) is 4.74 Å². The first kappa shape index (κ1) is 16.7. The number of carbonyl (C=O) groups excluding carboxylic acids is 1. The third-order valence-corrected chi connectivity index (χ3v) is 3.31. The molecule has 0 heterocycles. The highest BCUT2D eigenvalue weighted by molar-refractivity contribution is 5.90. The zero-order valence-electron chi connectivity index (χ0n) is 13.5. The van der Waals surface area contributed by atoms with E-state index in [1.807, 2.05) is 24.3 Å². The molecule has 0 bridgehead atoms. The van der Waals surface area contributed by atoms with Crippen LogP contribution in [-0.4, -0.2) is 17.4 Å². The van der Waals surface area contributed by atoms with Gasteiger partial charge in [0.2, 0.25) is 0 Å². The average Bonchev–Trinajstić information content (AvgIpc) is 2.49. The van der Waals surface area contributed by atoms with Crippen LogP contribution in [0.1, 0.15) is 32.3 Å². The highest BCUT2D eigenvalue weighted by atomic mass is 16.5. The van der Waals surface area contributed by atoms with E-state index in [9.17, 15) is 9.90 Å². The van der Waals surface area contributed by atoms with Gasteiger partial charge in [-0.25, -0.2) is 4.79 Å². The van der Waals surface area contributed by atoms with Crippen molar-refractivity contribution in [3.05, 3.63) is 54.1 Å². The van der Waals surface area contributed by atoms with E-state index in [1.54, 1.807) is 19.1 Å². The number of ether oxygens (including phenoxy) is 1. The maximum atomic E-state index is 12.1. The lowest BCUT2D eigenvalue weighted by molar-refractivity contribution is 0.183.